The standard InChI is InChI=1S/C13H18N2O4/c1-2-9(13(15)16)19-10-6-12-11(17-7-18-12)5-8(10)3-4-14/h5-6,9H,2-4,7,14H2,1H3,(H2,15,16). The smallest absolute Gasteiger partial charge is 0.258 e. The Bertz CT molecular complexity index is 476. The van der Waals surface area contributed by atoms with Gasteiger partial charge in [-0.25, -0.2) is 0 Å². The molecule has 104 valence electrons. The van der Waals surface area contributed by atoms with E-state index in [1.165, 1.54) is 0 Å². The van der Waals surface area contributed by atoms with Gasteiger partial charge in [0, 0.05) is 6.07 Å². The fraction of sp³-hybridized carbons (Fsp3) is 0.462. The number of ether oxygens (including phenoxy) is 3. The summed E-state index contributed by atoms with van der Waals surface area (Å²) in [5.41, 5.74) is 11.7. The Balaban J connectivity index is 2.29. The zero-order chi connectivity index (χ0) is 13.8. The van der Waals surface area contributed by atoms with Gasteiger partial charge in [-0.2, -0.15) is 0 Å². The van der Waals surface area contributed by atoms with Crippen LogP contribution >= 0.6 is 0 Å². The maximum Gasteiger partial charge on any atom is 0.258 e. The van der Waals surface area contributed by atoms with E-state index in [2.05, 4.69) is 0 Å². The minimum Gasteiger partial charge on any atom is -0.480 e. The van der Waals surface area contributed by atoms with Crippen LogP contribution in [0.5, 0.6) is 17.2 Å². The third-order valence-corrected chi connectivity index (χ3v) is 2.93. The van der Waals surface area contributed by atoms with E-state index >= 15 is 0 Å². The van der Waals surface area contributed by atoms with Crippen molar-refractivity contribution < 1.29 is 19.0 Å². The Morgan fingerprint density at radius 3 is 2.68 bits per heavy atom. The molecule has 1 heterocycles. The van der Waals surface area contributed by atoms with Gasteiger partial charge in [0.15, 0.2) is 17.6 Å². The van der Waals surface area contributed by atoms with Crippen molar-refractivity contribution in [3.05, 3.63) is 17.7 Å². The Morgan fingerprint density at radius 2 is 2.11 bits per heavy atom. The van der Waals surface area contributed by atoms with Crippen molar-refractivity contribution in [2.45, 2.75) is 25.9 Å². The highest BCUT2D eigenvalue weighted by molar-refractivity contribution is 5.79. The van der Waals surface area contributed by atoms with Gasteiger partial charge in [-0.15, -0.1) is 0 Å². The number of carbonyl (C=O) groups excluding carboxylic acids is 1. The maximum atomic E-state index is 11.3. The molecule has 0 spiro atoms. The van der Waals surface area contributed by atoms with Crippen molar-refractivity contribution >= 4 is 5.91 Å². The van der Waals surface area contributed by atoms with E-state index in [0.717, 1.165) is 5.56 Å². The summed E-state index contributed by atoms with van der Waals surface area (Å²) in [5.74, 6) is 1.36. The van der Waals surface area contributed by atoms with Crippen molar-refractivity contribution in [3.8, 4) is 17.2 Å². The second kappa shape index (κ2) is 5.79. The summed E-state index contributed by atoms with van der Waals surface area (Å²) in [6, 6.07) is 3.55. The molecule has 0 bridgehead atoms. The predicted octanol–water partition coefficient (Wildman–Crippen LogP) is 0.559. The largest absolute Gasteiger partial charge is 0.480 e. The lowest BCUT2D eigenvalue weighted by atomic mass is 10.1. The average molecular weight is 266 g/mol. The molecule has 2 rings (SSSR count). The third kappa shape index (κ3) is 2.90. The number of hydrogen-bond donors (Lipinski definition) is 2. The van der Waals surface area contributed by atoms with Gasteiger partial charge in [-0.05, 0) is 31.0 Å². The molecule has 0 fully saturated rings. The zero-order valence-electron chi connectivity index (χ0n) is 10.8. The molecule has 0 saturated heterocycles. The lowest BCUT2D eigenvalue weighted by Crippen LogP contribution is -2.33. The second-order valence-electron chi connectivity index (χ2n) is 4.27. The molecule has 1 aromatic carbocycles. The summed E-state index contributed by atoms with van der Waals surface area (Å²) in [7, 11) is 0. The molecule has 4 N–H and O–H groups in total. The number of benzene rings is 1. The molecule has 1 atom stereocenters. The van der Waals surface area contributed by atoms with Crippen molar-refractivity contribution in [2.24, 2.45) is 11.5 Å². The van der Waals surface area contributed by atoms with Crippen LogP contribution in [0.3, 0.4) is 0 Å². The van der Waals surface area contributed by atoms with Crippen LogP contribution in [0.4, 0.5) is 0 Å². The Labute approximate surface area is 111 Å². The first-order chi connectivity index (χ1) is 9.15. The summed E-state index contributed by atoms with van der Waals surface area (Å²) in [4.78, 5) is 11.3. The minimum absolute atomic E-state index is 0.188. The zero-order valence-corrected chi connectivity index (χ0v) is 10.8. The molecular formula is C13H18N2O4. The molecule has 0 saturated carbocycles. The number of hydrogen-bond acceptors (Lipinski definition) is 5. The van der Waals surface area contributed by atoms with E-state index in [4.69, 9.17) is 25.7 Å². The van der Waals surface area contributed by atoms with Crippen LogP contribution in [0, 0.1) is 0 Å². The first-order valence-corrected chi connectivity index (χ1v) is 6.24. The maximum absolute atomic E-state index is 11.3. The first-order valence-electron chi connectivity index (χ1n) is 6.24. The molecule has 1 aliphatic rings. The summed E-state index contributed by atoms with van der Waals surface area (Å²) >= 11 is 0. The quantitative estimate of drug-likeness (QED) is 0.784. The number of amides is 1. The lowest BCUT2D eigenvalue weighted by molar-refractivity contribution is -0.124. The normalized spacial score (nSPS) is 14.2. The topological polar surface area (TPSA) is 96.8 Å². The molecule has 6 nitrogen and oxygen atoms in total. The summed E-state index contributed by atoms with van der Waals surface area (Å²) in [6.07, 6.45) is 0.476. The molecule has 6 heteroatoms. The van der Waals surface area contributed by atoms with Crippen molar-refractivity contribution in [1.29, 1.82) is 0 Å². The van der Waals surface area contributed by atoms with E-state index in [1.54, 1.807) is 6.07 Å². The molecule has 19 heavy (non-hydrogen) atoms. The lowest BCUT2D eigenvalue weighted by Gasteiger charge is -2.17. The van der Waals surface area contributed by atoms with Gasteiger partial charge in [0.1, 0.15) is 5.75 Å². The molecule has 0 radical (unpaired) electrons. The predicted molar refractivity (Wildman–Crippen MR) is 69.2 cm³/mol. The fourth-order valence-corrected chi connectivity index (χ4v) is 1.92. The first kappa shape index (κ1) is 13.5. The number of fused-ring (bicyclic) bond motifs is 1. The number of primary amides is 1. The summed E-state index contributed by atoms with van der Waals surface area (Å²) in [6.45, 7) is 2.50. The van der Waals surface area contributed by atoms with E-state index in [-0.39, 0.29) is 6.79 Å². The van der Waals surface area contributed by atoms with Crippen LogP contribution < -0.4 is 25.7 Å². The third-order valence-electron chi connectivity index (χ3n) is 2.93. The van der Waals surface area contributed by atoms with Gasteiger partial charge >= 0.3 is 0 Å². The van der Waals surface area contributed by atoms with Crippen LogP contribution in [0.25, 0.3) is 0 Å². The summed E-state index contributed by atoms with van der Waals surface area (Å²) < 4.78 is 16.3. The van der Waals surface area contributed by atoms with Crippen molar-refractivity contribution in [3.63, 3.8) is 0 Å². The Kier molecular flexibility index (Phi) is 4.11. The molecule has 1 aliphatic heterocycles. The highest BCUT2D eigenvalue weighted by atomic mass is 16.7. The Hall–Kier alpha value is -1.95. The molecule has 1 amide bonds. The molecule has 1 unspecified atom stereocenters. The van der Waals surface area contributed by atoms with E-state index in [1.807, 2.05) is 13.0 Å². The van der Waals surface area contributed by atoms with Gasteiger partial charge in [0.05, 0.1) is 0 Å². The van der Waals surface area contributed by atoms with Crippen molar-refractivity contribution in [2.75, 3.05) is 13.3 Å². The van der Waals surface area contributed by atoms with Gasteiger partial charge in [0.25, 0.3) is 5.91 Å². The van der Waals surface area contributed by atoms with Gasteiger partial charge in [-0.1, -0.05) is 6.92 Å². The van der Waals surface area contributed by atoms with Crippen LogP contribution in [0.15, 0.2) is 12.1 Å². The van der Waals surface area contributed by atoms with Crippen LogP contribution in [-0.4, -0.2) is 25.3 Å². The average Bonchev–Trinajstić information content (AvgIpc) is 2.82. The van der Waals surface area contributed by atoms with E-state index < -0.39 is 12.0 Å². The highest BCUT2D eigenvalue weighted by Crippen LogP contribution is 2.38. The SMILES string of the molecule is CCC(Oc1cc2c(cc1CCN)OCO2)C(N)=O. The number of carbonyl (C=O) groups is 1. The van der Waals surface area contributed by atoms with Crippen LogP contribution in [-0.2, 0) is 11.2 Å². The van der Waals surface area contributed by atoms with Gasteiger partial charge in [0.2, 0.25) is 6.79 Å². The summed E-state index contributed by atoms with van der Waals surface area (Å²) in [5, 5.41) is 0. The van der Waals surface area contributed by atoms with Crippen molar-refractivity contribution in [1.82, 2.24) is 0 Å². The fourth-order valence-electron chi connectivity index (χ4n) is 1.92. The van der Waals surface area contributed by atoms with Gasteiger partial charge < -0.3 is 25.7 Å². The van der Waals surface area contributed by atoms with Crippen LogP contribution in [0.2, 0.25) is 0 Å². The van der Waals surface area contributed by atoms with E-state index in [9.17, 15) is 4.79 Å². The molecule has 1 aromatic rings. The molecular weight excluding hydrogens is 248 g/mol. The number of rotatable bonds is 6. The van der Waals surface area contributed by atoms with E-state index in [0.29, 0.717) is 36.6 Å². The Morgan fingerprint density at radius 1 is 1.42 bits per heavy atom. The monoisotopic (exact) mass is 266 g/mol. The van der Waals surface area contributed by atoms with Crippen LogP contribution in [0.1, 0.15) is 18.9 Å². The molecule has 0 aliphatic carbocycles. The van der Waals surface area contributed by atoms with Gasteiger partial charge in [-0.3, -0.25) is 4.79 Å². The minimum atomic E-state index is -0.656. The highest BCUT2D eigenvalue weighted by Gasteiger charge is 2.21. The number of nitrogens with two attached hydrogens (primary N) is 2. The molecule has 0 aromatic heterocycles. The second-order valence-corrected chi connectivity index (χ2v) is 4.27.